The van der Waals surface area contributed by atoms with Gasteiger partial charge < -0.3 is 21.6 Å². The monoisotopic (exact) mass is 489 g/mol. The van der Waals surface area contributed by atoms with E-state index >= 15 is 0 Å². The number of nitrogens with zero attached hydrogens (tertiary/aromatic N) is 2. The molecule has 0 bridgehead atoms. The highest BCUT2D eigenvalue weighted by molar-refractivity contribution is 5.98. The van der Waals surface area contributed by atoms with E-state index in [1.54, 1.807) is 6.07 Å². The molecule has 182 valence electrons. The highest BCUT2D eigenvalue weighted by Gasteiger charge is 2.35. The molecule has 8 nitrogen and oxygen atoms in total. The van der Waals surface area contributed by atoms with Gasteiger partial charge in [0.15, 0.2) is 5.84 Å². The van der Waals surface area contributed by atoms with Crippen molar-refractivity contribution < 1.29 is 41.1 Å². The van der Waals surface area contributed by atoms with Crippen molar-refractivity contribution in [1.82, 2.24) is 0 Å². The standard InChI is InChI=1S/C10H10F3N3O2.C10H7F3N2O/c1-5(17)15-8-3-2-6(9(14)16-18)4-7(8)10(11,12)13;1-6(16)15-9-3-2-7(5-14)4-8(9)10(11,12)13/h2-4,18H,1H3,(H2,14,16)(H,15,17);2-4H,1H3,(H,15,16). The lowest BCUT2D eigenvalue weighted by Gasteiger charge is -2.14. The minimum atomic E-state index is -4.66. The number of amides is 2. The van der Waals surface area contributed by atoms with E-state index < -0.39 is 41.1 Å². The van der Waals surface area contributed by atoms with Gasteiger partial charge in [-0.1, -0.05) is 5.16 Å². The Morgan fingerprint density at radius 2 is 1.35 bits per heavy atom. The van der Waals surface area contributed by atoms with Crippen molar-refractivity contribution >= 4 is 29.0 Å². The molecule has 0 aliphatic rings. The van der Waals surface area contributed by atoms with Gasteiger partial charge >= 0.3 is 12.4 Å². The molecule has 14 heteroatoms. The van der Waals surface area contributed by atoms with E-state index in [1.807, 2.05) is 0 Å². The molecule has 0 atom stereocenters. The van der Waals surface area contributed by atoms with Crippen LogP contribution in [0.15, 0.2) is 41.6 Å². The van der Waals surface area contributed by atoms with Crippen LogP contribution in [0.2, 0.25) is 0 Å². The van der Waals surface area contributed by atoms with Gasteiger partial charge in [-0.15, -0.1) is 0 Å². The van der Waals surface area contributed by atoms with Crippen LogP contribution in [0.5, 0.6) is 0 Å². The molecule has 0 fully saturated rings. The SMILES string of the molecule is CC(=O)Nc1ccc(C#N)cc1C(F)(F)F.CC(=O)Nc1ccc(C(N)=NO)cc1C(F)(F)F. The normalized spacial score (nSPS) is 11.6. The zero-order valence-electron chi connectivity index (χ0n) is 17.5. The lowest BCUT2D eigenvalue weighted by molar-refractivity contribution is -0.137. The number of nitrogens with one attached hydrogen (secondary N) is 2. The first-order valence-electron chi connectivity index (χ1n) is 8.95. The van der Waals surface area contributed by atoms with Crippen molar-refractivity contribution in [2.24, 2.45) is 10.9 Å². The molecule has 34 heavy (non-hydrogen) atoms. The predicted octanol–water partition coefficient (Wildman–Crippen LogP) is 4.29. The Hall–Kier alpha value is -4.28. The van der Waals surface area contributed by atoms with Crippen LogP contribution in [0.25, 0.3) is 0 Å². The fourth-order valence-corrected chi connectivity index (χ4v) is 2.44. The van der Waals surface area contributed by atoms with Crippen molar-refractivity contribution in [3.05, 3.63) is 58.7 Å². The molecule has 2 aromatic rings. The summed E-state index contributed by atoms with van der Waals surface area (Å²) in [6, 6.07) is 7.51. The maximum absolute atomic E-state index is 12.8. The van der Waals surface area contributed by atoms with Gasteiger partial charge in [0.05, 0.1) is 34.1 Å². The second-order valence-corrected chi connectivity index (χ2v) is 6.48. The third-order valence-electron chi connectivity index (χ3n) is 3.80. The van der Waals surface area contributed by atoms with E-state index in [-0.39, 0.29) is 22.5 Å². The first-order chi connectivity index (χ1) is 15.6. The quantitative estimate of drug-likeness (QED) is 0.167. The first kappa shape index (κ1) is 27.8. The van der Waals surface area contributed by atoms with Crippen LogP contribution in [0, 0.1) is 11.3 Å². The van der Waals surface area contributed by atoms with Crippen molar-refractivity contribution in [2.75, 3.05) is 10.6 Å². The Labute approximate surface area is 188 Å². The molecule has 0 radical (unpaired) electrons. The summed E-state index contributed by atoms with van der Waals surface area (Å²) in [6.07, 6.45) is -9.27. The molecule has 0 saturated heterocycles. The molecule has 0 aliphatic carbocycles. The molecule has 0 aliphatic heterocycles. The number of nitriles is 1. The Bertz CT molecular complexity index is 1140. The molecule has 0 aromatic heterocycles. The zero-order valence-corrected chi connectivity index (χ0v) is 17.5. The number of benzene rings is 2. The van der Waals surface area contributed by atoms with Gasteiger partial charge in [-0.2, -0.15) is 31.6 Å². The molecule has 2 aromatic carbocycles. The Morgan fingerprint density at radius 3 is 1.74 bits per heavy atom. The Morgan fingerprint density at radius 1 is 0.912 bits per heavy atom. The van der Waals surface area contributed by atoms with Gasteiger partial charge in [0.1, 0.15) is 0 Å². The maximum atomic E-state index is 12.8. The summed E-state index contributed by atoms with van der Waals surface area (Å²) in [7, 11) is 0. The van der Waals surface area contributed by atoms with Gasteiger partial charge in [0, 0.05) is 19.4 Å². The highest BCUT2D eigenvalue weighted by Crippen LogP contribution is 2.36. The first-order valence-corrected chi connectivity index (χ1v) is 8.95. The predicted molar refractivity (Wildman–Crippen MR) is 109 cm³/mol. The lowest BCUT2D eigenvalue weighted by atomic mass is 10.1. The van der Waals surface area contributed by atoms with E-state index in [4.69, 9.17) is 16.2 Å². The Balaban J connectivity index is 0.000000342. The van der Waals surface area contributed by atoms with Gasteiger partial charge in [-0.3, -0.25) is 9.59 Å². The van der Waals surface area contributed by atoms with Gasteiger partial charge in [0.25, 0.3) is 0 Å². The number of halogens is 6. The van der Waals surface area contributed by atoms with E-state index in [9.17, 15) is 35.9 Å². The molecule has 0 heterocycles. The zero-order chi connectivity index (χ0) is 26.3. The summed E-state index contributed by atoms with van der Waals surface area (Å²) in [6.45, 7) is 2.20. The van der Waals surface area contributed by atoms with Crippen LogP contribution in [0.4, 0.5) is 37.7 Å². The summed E-state index contributed by atoms with van der Waals surface area (Å²) >= 11 is 0. The van der Waals surface area contributed by atoms with Crippen molar-refractivity contribution in [3.63, 3.8) is 0 Å². The number of amidine groups is 1. The number of carbonyl (C=O) groups excluding carboxylic acids is 2. The average molecular weight is 489 g/mol. The van der Waals surface area contributed by atoms with Crippen molar-refractivity contribution in [1.29, 1.82) is 5.26 Å². The Kier molecular flexibility index (Phi) is 9.01. The number of rotatable bonds is 3. The maximum Gasteiger partial charge on any atom is 0.418 e. The summed E-state index contributed by atoms with van der Waals surface area (Å²) < 4.78 is 75.9. The van der Waals surface area contributed by atoms with Gasteiger partial charge in [0.2, 0.25) is 11.8 Å². The average Bonchev–Trinajstić information content (AvgIpc) is 2.71. The molecule has 0 unspecified atom stereocenters. The number of oxime groups is 1. The largest absolute Gasteiger partial charge is 0.418 e. The van der Waals surface area contributed by atoms with Crippen LogP contribution < -0.4 is 16.4 Å². The molecule has 5 N–H and O–H groups in total. The molecule has 0 saturated carbocycles. The second-order valence-electron chi connectivity index (χ2n) is 6.48. The van der Waals surface area contributed by atoms with Crippen LogP contribution in [0.3, 0.4) is 0 Å². The van der Waals surface area contributed by atoms with Crippen LogP contribution in [-0.2, 0) is 21.9 Å². The number of nitrogens with two attached hydrogens (primary N) is 1. The number of hydrogen-bond acceptors (Lipinski definition) is 5. The molecular formula is C20H17F6N5O3. The van der Waals surface area contributed by atoms with E-state index in [2.05, 4.69) is 15.8 Å². The summed E-state index contributed by atoms with van der Waals surface area (Å²) in [4.78, 5) is 21.5. The highest BCUT2D eigenvalue weighted by atomic mass is 19.4. The van der Waals surface area contributed by atoms with Crippen molar-refractivity contribution in [3.8, 4) is 6.07 Å². The van der Waals surface area contributed by atoms with E-state index in [0.29, 0.717) is 12.1 Å². The fourth-order valence-electron chi connectivity index (χ4n) is 2.44. The topological polar surface area (TPSA) is 141 Å². The summed E-state index contributed by atoms with van der Waals surface area (Å²) in [5, 5.41) is 23.6. The van der Waals surface area contributed by atoms with Crippen LogP contribution >= 0.6 is 0 Å². The smallest absolute Gasteiger partial charge is 0.409 e. The molecular weight excluding hydrogens is 472 g/mol. The van der Waals surface area contributed by atoms with Crippen LogP contribution in [0.1, 0.15) is 36.1 Å². The third kappa shape index (κ3) is 8.01. The second kappa shape index (κ2) is 11.0. The number of hydrogen-bond donors (Lipinski definition) is 4. The minimum absolute atomic E-state index is 0.0982. The molecule has 0 spiro atoms. The van der Waals surface area contributed by atoms with Crippen molar-refractivity contribution in [2.45, 2.75) is 26.2 Å². The lowest BCUT2D eigenvalue weighted by Crippen LogP contribution is -2.18. The fraction of sp³-hybridized carbons (Fsp3) is 0.200. The summed E-state index contributed by atoms with van der Waals surface area (Å²) in [5.74, 6) is -1.68. The van der Waals surface area contributed by atoms with Gasteiger partial charge in [-0.05, 0) is 36.4 Å². The molecule has 2 rings (SSSR count). The number of alkyl halides is 6. The van der Waals surface area contributed by atoms with Gasteiger partial charge in [-0.25, -0.2) is 0 Å². The number of carbonyl (C=O) groups is 2. The third-order valence-corrected chi connectivity index (χ3v) is 3.80. The number of anilines is 2. The van der Waals surface area contributed by atoms with E-state index in [0.717, 1.165) is 26.0 Å². The minimum Gasteiger partial charge on any atom is -0.409 e. The molecule has 2 amide bonds. The van der Waals surface area contributed by atoms with Crippen LogP contribution in [-0.4, -0.2) is 22.9 Å². The van der Waals surface area contributed by atoms with E-state index in [1.165, 1.54) is 12.1 Å². The summed E-state index contributed by atoms with van der Waals surface area (Å²) in [5.41, 5.74) is 2.17.